The number of aryl methyl sites for hydroxylation is 2. The number of hydrogen-bond donors (Lipinski definition) is 1. The maximum Gasteiger partial charge on any atom is 0.416 e. The van der Waals surface area contributed by atoms with Crippen LogP contribution in [0.5, 0.6) is 5.75 Å². The number of carbonyl (C=O) groups is 1. The maximum atomic E-state index is 13.7. The summed E-state index contributed by atoms with van der Waals surface area (Å²) < 4.78 is 48.8. The molecule has 10 heteroatoms. The van der Waals surface area contributed by atoms with Crippen molar-refractivity contribution < 1.29 is 22.7 Å². The van der Waals surface area contributed by atoms with Crippen LogP contribution in [0.15, 0.2) is 48.8 Å². The molecule has 1 amide bonds. The van der Waals surface area contributed by atoms with Crippen LogP contribution in [0.3, 0.4) is 0 Å². The van der Waals surface area contributed by atoms with E-state index in [1.165, 1.54) is 6.92 Å². The number of carbonyl (C=O) groups excluding carboxylic acids is 1. The van der Waals surface area contributed by atoms with Gasteiger partial charge in [0.1, 0.15) is 17.9 Å². The number of para-hydroxylation sites is 1. The van der Waals surface area contributed by atoms with Crippen molar-refractivity contribution in [2.75, 3.05) is 0 Å². The van der Waals surface area contributed by atoms with Crippen molar-refractivity contribution in [3.8, 4) is 17.0 Å². The van der Waals surface area contributed by atoms with E-state index in [0.717, 1.165) is 34.6 Å². The molecule has 0 unspecified atom stereocenters. The number of ether oxygens (including phenoxy) is 1. The third-order valence-electron chi connectivity index (χ3n) is 5.35. The van der Waals surface area contributed by atoms with E-state index in [4.69, 9.17) is 4.74 Å². The van der Waals surface area contributed by atoms with E-state index in [-0.39, 0.29) is 23.7 Å². The molecule has 34 heavy (non-hydrogen) atoms. The van der Waals surface area contributed by atoms with Gasteiger partial charge in [0.25, 0.3) is 0 Å². The minimum atomic E-state index is -4.60. The van der Waals surface area contributed by atoms with Gasteiger partial charge in [-0.15, -0.1) is 0 Å². The molecule has 7 nitrogen and oxygen atoms in total. The van der Waals surface area contributed by atoms with Crippen LogP contribution in [0.25, 0.3) is 22.2 Å². The molecule has 1 N–H and O–H groups in total. The number of benzene rings is 1. The van der Waals surface area contributed by atoms with E-state index < -0.39 is 18.3 Å². The summed E-state index contributed by atoms with van der Waals surface area (Å²) >= 11 is 0. The average molecular weight is 469 g/mol. The number of fused-ring (bicyclic) bond motifs is 1. The quantitative estimate of drug-likeness (QED) is 0.447. The number of nitrogens with zero attached hydrogens (tertiary/aromatic N) is 4. The lowest BCUT2D eigenvalue weighted by molar-refractivity contribution is -0.138. The van der Waals surface area contributed by atoms with Gasteiger partial charge in [-0.2, -0.15) is 18.3 Å². The number of rotatable bonds is 6. The molecular weight excluding hydrogens is 447 g/mol. The molecular formula is C24H22F3N5O2. The van der Waals surface area contributed by atoms with Gasteiger partial charge in [0.2, 0.25) is 5.91 Å². The first-order valence-corrected chi connectivity index (χ1v) is 10.4. The van der Waals surface area contributed by atoms with Crippen molar-refractivity contribution in [2.45, 2.75) is 33.2 Å². The van der Waals surface area contributed by atoms with E-state index in [1.54, 1.807) is 23.0 Å². The highest BCUT2D eigenvalue weighted by atomic mass is 19.4. The Bertz CT molecular complexity index is 1360. The molecule has 176 valence electrons. The first kappa shape index (κ1) is 23.2. The Kier molecular flexibility index (Phi) is 6.23. The van der Waals surface area contributed by atoms with Crippen LogP contribution in [-0.4, -0.2) is 25.7 Å². The van der Waals surface area contributed by atoms with Crippen molar-refractivity contribution in [2.24, 2.45) is 7.05 Å². The SMILES string of the molecule is CC(=O)NCc1nccc(C(F)(F)F)c1COc1cccc2c(-c3ccnn3C)cc(C)nc12. The Labute approximate surface area is 193 Å². The molecule has 0 aliphatic rings. The van der Waals surface area contributed by atoms with Gasteiger partial charge in [0.15, 0.2) is 0 Å². The van der Waals surface area contributed by atoms with Gasteiger partial charge >= 0.3 is 6.18 Å². The van der Waals surface area contributed by atoms with Crippen LogP contribution in [0.4, 0.5) is 13.2 Å². The van der Waals surface area contributed by atoms with E-state index in [0.29, 0.717) is 11.3 Å². The lowest BCUT2D eigenvalue weighted by atomic mass is 10.0. The van der Waals surface area contributed by atoms with Crippen molar-refractivity contribution in [1.82, 2.24) is 25.1 Å². The molecule has 4 aromatic rings. The van der Waals surface area contributed by atoms with Crippen molar-refractivity contribution in [3.63, 3.8) is 0 Å². The number of alkyl halides is 3. The Morgan fingerprint density at radius 1 is 1.18 bits per heavy atom. The van der Waals surface area contributed by atoms with Gasteiger partial charge in [0, 0.05) is 48.6 Å². The molecule has 0 spiro atoms. The lowest BCUT2D eigenvalue weighted by Gasteiger charge is -2.18. The molecule has 0 atom stereocenters. The standard InChI is InChI=1S/C24H22F3N5O2/c1-14-11-17(21-8-10-30-32(21)3)16-5-4-6-22(23(16)31-14)34-13-18-19(24(25,26)27)7-9-28-20(18)12-29-15(2)33/h4-11H,12-13H2,1-3H3,(H,29,33). The molecule has 0 bridgehead atoms. The monoisotopic (exact) mass is 469 g/mol. The van der Waals surface area contributed by atoms with Crippen LogP contribution < -0.4 is 10.1 Å². The summed E-state index contributed by atoms with van der Waals surface area (Å²) in [5, 5.41) is 7.51. The summed E-state index contributed by atoms with van der Waals surface area (Å²) in [4.78, 5) is 20.0. The Balaban J connectivity index is 1.76. The highest BCUT2D eigenvalue weighted by molar-refractivity contribution is 5.97. The Morgan fingerprint density at radius 3 is 2.65 bits per heavy atom. The van der Waals surface area contributed by atoms with Crippen LogP contribution in [0.2, 0.25) is 0 Å². The van der Waals surface area contributed by atoms with Crippen LogP contribution in [0, 0.1) is 6.92 Å². The number of hydrogen-bond acceptors (Lipinski definition) is 5. The largest absolute Gasteiger partial charge is 0.487 e. The zero-order valence-electron chi connectivity index (χ0n) is 18.8. The van der Waals surface area contributed by atoms with E-state index >= 15 is 0 Å². The molecule has 0 fully saturated rings. The fourth-order valence-electron chi connectivity index (χ4n) is 3.79. The predicted octanol–water partition coefficient (Wildman–Crippen LogP) is 4.57. The normalized spacial score (nSPS) is 11.6. The van der Waals surface area contributed by atoms with Gasteiger partial charge in [-0.1, -0.05) is 12.1 Å². The first-order valence-electron chi connectivity index (χ1n) is 10.4. The topological polar surface area (TPSA) is 81.9 Å². The molecule has 1 aromatic carbocycles. The summed E-state index contributed by atoms with van der Waals surface area (Å²) in [5.74, 6) is -0.0328. The zero-order chi connectivity index (χ0) is 24.5. The second kappa shape index (κ2) is 9.12. The number of nitrogens with one attached hydrogen (secondary N) is 1. The molecule has 0 saturated carbocycles. The van der Waals surface area contributed by atoms with Crippen molar-refractivity contribution >= 4 is 16.8 Å². The predicted molar refractivity (Wildman–Crippen MR) is 120 cm³/mol. The van der Waals surface area contributed by atoms with Gasteiger partial charge in [0.05, 0.1) is 23.5 Å². The van der Waals surface area contributed by atoms with Crippen LogP contribution in [-0.2, 0) is 31.2 Å². The second-order valence-corrected chi connectivity index (χ2v) is 7.78. The summed E-state index contributed by atoms with van der Waals surface area (Å²) in [7, 11) is 1.83. The minimum Gasteiger partial charge on any atom is -0.487 e. The summed E-state index contributed by atoms with van der Waals surface area (Å²) in [5.41, 5.74) is 2.10. The Morgan fingerprint density at radius 2 is 1.97 bits per heavy atom. The summed E-state index contributed by atoms with van der Waals surface area (Å²) in [6.07, 6.45) is -1.84. The highest BCUT2D eigenvalue weighted by Crippen LogP contribution is 2.36. The van der Waals surface area contributed by atoms with Crippen LogP contribution >= 0.6 is 0 Å². The zero-order valence-corrected chi connectivity index (χ0v) is 18.8. The lowest BCUT2D eigenvalue weighted by Crippen LogP contribution is -2.23. The number of amides is 1. The smallest absolute Gasteiger partial charge is 0.416 e. The molecule has 3 heterocycles. The average Bonchev–Trinajstić information content (AvgIpc) is 3.20. The van der Waals surface area contributed by atoms with Crippen LogP contribution in [0.1, 0.15) is 29.4 Å². The van der Waals surface area contributed by atoms with E-state index in [9.17, 15) is 18.0 Å². The third kappa shape index (κ3) is 4.70. The third-order valence-corrected chi connectivity index (χ3v) is 5.35. The van der Waals surface area contributed by atoms with Gasteiger partial charge in [-0.05, 0) is 31.2 Å². The maximum absolute atomic E-state index is 13.7. The van der Waals surface area contributed by atoms with Crippen molar-refractivity contribution in [3.05, 3.63) is 71.3 Å². The fraction of sp³-hybridized carbons (Fsp3) is 0.250. The molecule has 4 rings (SSSR count). The first-order chi connectivity index (χ1) is 16.1. The highest BCUT2D eigenvalue weighted by Gasteiger charge is 2.35. The number of aromatic nitrogens is 4. The van der Waals surface area contributed by atoms with Gasteiger partial charge in [-0.3, -0.25) is 14.5 Å². The minimum absolute atomic E-state index is 0.0879. The molecule has 0 radical (unpaired) electrons. The second-order valence-electron chi connectivity index (χ2n) is 7.78. The van der Waals surface area contributed by atoms with Gasteiger partial charge < -0.3 is 10.1 Å². The Hall–Kier alpha value is -3.95. The van der Waals surface area contributed by atoms with Crippen molar-refractivity contribution in [1.29, 1.82) is 0 Å². The van der Waals surface area contributed by atoms with Gasteiger partial charge in [-0.25, -0.2) is 4.98 Å². The number of halogens is 3. The molecule has 0 aliphatic carbocycles. The fourth-order valence-corrected chi connectivity index (χ4v) is 3.79. The summed E-state index contributed by atoms with van der Waals surface area (Å²) in [6, 6.07) is 10.0. The van der Waals surface area contributed by atoms with E-state index in [1.807, 2.05) is 32.2 Å². The number of pyridine rings is 2. The van der Waals surface area contributed by atoms with E-state index in [2.05, 4.69) is 20.4 Å². The summed E-state index contributed by atoms with van der Waals surface area (Å²) in [6.45, 7) is 2.58. The molecule has 3 aromatic heterocycles. The molecule has 0 aliphatic heterocycles. The molecule has 0 saturated heterocycles.